The highest BCUT2D eigenvalue weighted by Crippen LogP contribution is 2.49. The quantitative estimate of drug-likeness (QED) is 0.518. The summed E-state index contributed by atoms with van der Waals surface area (Å²) in [6, 6.07) is 14.1. The van der Waals surface area contributed by atoms with Crippen LogP contribution in [0.5, 0.6) is 11.5 Å². The molecule has 2 aromatic carbocycles. The lowest BCUT2D eigenvalue weighted by atomic mass is 9.76. The van der Waals surface area contributed by atoms with Gasteiger partial charge in [-0.1, -0.05) is 38.1 Å². The summed E-state index contributed by atoms with van der Waals surface area (Å²) < 4.78 is 11.6. The zero-order valence-corrected chi connectivity index (χ0v) is 21.8. The number of aromatic amines is 1. The van der Waals surface area contributed by atoms with Crippen molar-refractivity contribution in [1.82, 2.24) is 14.8 Å². The minimum absolute atomic E-state index is 0.00842. The van der Waals surface area contributed by atoms with E-state index < -0.39 is 5.54 Å². The van der Waals surface area contributed by atoms with E-state index in [1.165, 1.54) is 0 Å². The van der Waals surface area contributed by atoms with Crippen LogP contribution in [0.2, 0.25) is 0 Å². The van der Waals surface area contributed by atoms with Gasteiger partial charge in [0.05, 0.1) is 19.4 Å². The number of ether oxygens (including phenoxy) is 2. The van der Waals surface area contributed by atoms with Gasteiger partial charge in [-0.3, -0.25) is 9.59 Å². The summed E-state index contributed by atoms with van der Waals surface area (Å²) >= 11 is 0. The molecule has 2 aliphatic rings. The fraction of sp³-hybridized carbons (Fsp3) is 0.448. The summed E-state index contributed by atoms with van der Waals surface area (Å²) in [4.78, 5) is 34.7. The van der Waals surface area contributed by atoms with E-state index in [0.717, 1.165) is 40.6 Å². The minimum Gasteiger partial charge on any atom is -0.493 e. The summed E-state index contributed by atoms with van der Waals surface area (Å²) in [6.45, 7) is 9.16. The number of methoxy groups -OCH3 is 1. The zero-order chi connectivity index (χ0) is 25.6. The number of fused-ring (bicyclic) bond motifs is 5. The topological polar surface area (TPSA) is 74.9 Å². The standard InChI is InChI=1S/C29H35N3O4/c1-6-14-36-23-13-12-19(15-24(23)35-5)21-16-32-25(33)17-31(18(3)7-2)28(34)29(32,4)27-26(21)20-10-8-9-11-22(20)30-27/h8-13,15,18,21,30H,6-7,14,16-17H2,1-5H3/t18-,21+,29-/m0/s1. The Morgan fingerprint density at radius 2 is 1.92 bits per heavy atom. The highest BCUT2D eigenvalue weighted by Gasteiger charge is 2.56. The number of nitrogens with one attached hydrogen (secondary N) is 1. The molecule has 0 unspecified atom stereocenters. The molecular formula is C29H35N3O4. The predicted octanol–water partition coefficient (Wildman–Crippen LogP) is 4.80. The molecule has 7 nitrogen and oxygen atoms in total. The van der Waals surface area contributed by atoms with Crippen LogP contribution in [0.15, 0.2) is 42.5 Å². The molecule has 0 spiro atoms. The lowest BCUT2D eigenvalue weighted by Crippen LogP contribution is -2.68. The fourth-order valence-corrected chi connectivity index (χ4v) is 5.74. The van der Waals surface area contributed by atoms with Crippen LogP contribution in [0.4, 0.5) is 0 Å². The zero-order valence-electron chi connectivity index (χ0n) is 21.8. The molecule has 0 aliphatic carbocycles. The Kier molecular flexibility index (Phi) is 6.18. The molecule has 3 heterocycles. The van der Waals surface area contributed by atoms with E-state index in [4.69, 9.17) is 9.47 Å². The van der Waals surface area contributed by atoms with Crippen molar-refractivity contribution in [2.45, 2.75) is 58.0 Å². The molecule has 2 aliphatic heterocycles. The summed E-state index contributed by atoms with van der Waals surface area (Å²) in [5.41, 5.74) is 2.77. The van der Waals surface area contributed by atoms with Crippen LogP contribution < -0.4 is 9.47 Å². The van der Waals surface area contributed by atoms with Gasteiger partial charge in [0.25, 0.3) is 5.91 Å². The number of carbonyl (C=O) groups is 2. The Morgan fingerprint density at radius 3 is 2.64 bits per heavy atom. The van der Waals surface area contributed by atoms with E-state index in [2.05, 4.69) is 18.0 Å². The maximum absolute atomic E-state index is 14.0. The first kappa shape index (κ1) is 24.2. The Morgan fingerprint density at radius 1 is 1.14 bits per heavy atom. The normalized spacial score (nSPS) is 22.4. The van der Waals surface area contributed by atoms with Crippen LogP contribution in [0.3, 0.4) is 0 Å². The number of hydrogen-bond acceptors (Lipinski definition) is 4. The lowest BCUT2D eigenvalue weighted by Gasteiger charge is -2.52. The van der Waals surface area contributed by atoms with Gasteiger partial charge in [-0.2, -0.15) is 0 Å². The van der Waals surface area contributed by atoms with Gasteiger partial charge < -0.3 is 24.3 Å². The van der Waals surface area contributed by atoms with Gasteiger partial charge in [0.15, 0.2) is 17.0 Å². The van der Waals surface area contributed by atoms with Gasteiger partial charge in [0.2, 0.25) is 5.91 Å². The Bertz CT molecular complexity index is 1320. The van der Waals surface area contributed by atoms with Gasteiger partial charge in [-0.05, 0) is 56.0 Å². The maximum Gasteiger partial charge on any atom is 0.255 e. The summed E-state index contributed by atoms with van der Waals surface area (Å²) in [7, 11) is 1.64. The Balaban J connectivity index is 1.69. The number of carbonyl (C=O) groups excluding carboxylic acids is 2. The van der Waals surface area contributed by atoms with Gasteiger partial charge in [0, 0.05) is 29.4 Å². The molecule has 1 aromatic heterocycles. The van der Waals surface area contributed by atoms with Crippen molar-refractivity contribution in [2.24, 2.45) is 0 Å². The van der Waals surface area contributed by atoms with Gasteiger partial charge in [-0.25, -0.2) is 0 Å². The number of rotatable bonds is 7. The smallest absolute Gasteiger partial charge is 0.255 e. The Labute approximate surface area is 212 Å². The fourth-order valence-electron chi connectivity index (χ4n) is 5.74. The van der Waals surface area contributed by atoms with Crippen molar-refractivity contribution in [3.05, 3.63) is 59.3 Å². The number of benzene rings is 2. The highest BCUT2D eigenvalue weighted by molar-refractivity contribution is 6.01. The number of piperazine rings is 1. The Hall–Kier alpha value is -3.48. The molecule has 0 saturated carbocycles. The van der Waals surface area contributed by atoms with Crippen LogP contribution in [0.1, 0.15) is 63.3 Å². The molecule has 190 valence electrons. The minimum atomic E-state index is -1.09. The average molecular weight is 490 g/mol. The first-order valence-corrected chi connectivity index (χ1v) is 12.9. The number of hydrogen-bond donors (Lipinski definition) is 1. The molecule has 1 fully saturated rings. The lowest BCUT2D eigenvalue weighted by molar-refractivity contribution is -0.168. The first-order chi connectivity index (χ1) is 17.3. The van der Waals surface area contributed by atoms with Crippen LogP contribution in [0, 0.1) is 0 Å². The molecule has 1 N–H and O–H groups in total. The third-order valence-electron chi connectivity index (χ3n) is 7.95. The second-order valence-electron chi connectivity index (χ2n) is 10.0. The first-order valence-electron chi connectivity index (χ1n) is 12.9. The summed E-state index contributed by atoms with van der Waals surface area (Å²) in [5.74, 6) is 1.20. The molecule has 0 bridgehead atoms. The molecule has 1 saturated heterocycles. The second kappa shape index (κ2) is 9.19. The maximum atomic E-state index is 14.0. The number of para-hydroxylation sites is 1. The average Bonchev–Trinajstić information content (AvgIpc) is 3.30. The molecule has 5 rings (SSSR count). The van der Waals surface area contributed by atoms with Crippen LogP contribution in [-0.2, 0) is 15.1 Å². The van der Waals surface area contributed by atoms with Crippen molar-refractivity contribution in [3.63, 3.8) is 0 Å². The number of amides is 2. The van der Waals surface area contributed by atoms with Crippen molar-refractivity contribution in [1.29, 1.82) is 0 Å². The van der Waals surface area contributed by atoms with Crippen molar-refractivity contribution in [2.75, 3.05) is 26.8 Å². The number of aromatic nitrogens is 1. The summed E-state index contributed by atoms with van der Waals surface area (Å²) in [6.07, 6.45) is 1.70. The SMILES string of the molecule is CCCOc1ccc([C@H]2CN3C(=O)CN([C@@H](C)CC)C(=O)[C@]3(C)c3[nH]c4ccccc4c32)cc1OC. The number of H-pyrrole nitrogens is 1. The third-order valence-corrected chi connectivity index (χ3v) is 7.95. The molecular weight excluding hydrogens is 454 g/mol. The molecule has 3 atom stereocenters. The van der Waals surface area contributed by atoms with E-state index in [1.54, 1.807) is 16.9 Å². The predicted molar refractivity (Wildman–Crippen MR) is 139 cm³/mol. The molecule has 3 aromatic rings. The van der Waals surface area contributed by atoms with E-state index >= 15 is 0 Å². The monoisotopic (exact) mass is 489 g/mol. The van der Waals surface area contributed by atoms with E-state index in [9.17, 15) is 9.59 Å². The van der Waals surface area contributed by atoms with Crippen LogP contribution in [0.25, 0.3) is 10.9 Å². The van der Waals surface area contributed by atoms with E-state index in [-0.39, 0.29) is 30.3 Å². The molecule has 2 amide bonds. The van der Waals surface area contributed by atoms with Gasteiger partial charge in [0.1, 0.15) is 6.54 Å². The molecule has 7 heteroatoms. The van der Waals surface area contributed by atoms with Crippen LogP contribution >= 0.6 is 0 Å². The van der Waals surface area contributed by atoms with Gasteiger partial charge in [-0.15, -0.1) is 0 Å². The highest BCUT2D eigenvalue weighted by atomic mass is 16.5. The molecule has 36 heavy (non-hydrogen) atoms. The van der Waals surface area contributed by atoms with Crippen molar-refractivity contribution in [3.8, 4) is 11.5 Å². The largest absolute Gasteiger partial charge is 0.493 e. The van der Waals surface area contributed by atoms with Crippen LogP contribution in [-0.4, -0.2) is 59.4 Å². The second-order valence-corrected chi connectivity index (χ2v) is 10.0. The van der Waals surface area contributed by atoms with Gasteiger partial charge >= 0.3 is 0 Å². The van der Waals surface area contributed by atoms with E-state index in [0.29, 0.717) is 24.7 Å². The van der Waals surface area contributed by atoms with Crippen molar-refractivity contribution < 1.29 is 19.1 Å². The number of nitrogens with zero attached hydrogens (tertiary/aromatic N) is 2. The van der Waals surface area contributed by atoms with E-state index in [1.807, 2.05) is 57.2 Å². The molecule has 0 radical (unpaired) electrons. The van der Waals surface area contributed by atoms with Crippen molar-refractivity contribution >= 4 is 22.7 Å². The third kappa shape index (κ3) is 3.55. The summed E-state index contributed by atoms with van der Waals surface area (Å²) in [5, 5.41) is 1.07.